The molecule has 2 rings (SSSR count). The van der Waals surface area contributed by atoms with Gasteiger partial charge in [-0.2, -0.15) is 0 Å². The molecule has 0 aromatic rings. The first-order chi connectivity index (χ1) is 7.24. The second kappa shape index (κ2) is 4.04. The second-order valence-corrected chi connectivity index (χ2v) is 3.93. The van der Waals surface area contributed by atoms with Crippen molar-refractivity contribution in [1.29, 1.82) is 0 Å². The molecule has 0 radical (unpaired) electrons. The van der Waals surface area contributed by atoms with E-state index in [9.17, 15) is 9.59 Å². The summed E-state index contributed by atoms with van der Waals surface area (Å²) >= 11 is 0. The number of hydrazine groups is 1. The summed E-state index contributed by atoms with van der Waals surface area (Å²) in [5, 5.41) is 12.6. The van der Waals surface area contributed by atoms with E-state index in [0.717, 1.165) is 25.9 Å². The molecule has 15 heavy (non-hydrogen) atoms. The first-order valence-corrected chi connectivity index (χ1v) is 5.25. The van der Waals surface area contributed by atoms with Gasteiger partial charge in [0.25, 0.3) is 0 Å². The Kier molecular flexibility index (Phi) is 2.75. The Bertz CT molecular complexity index is 323. The van der Waals surface area contributed by atoms with Crippen molar-refractivity contribution in [3.8, 4) is 0 Å². The van der Waals surface area contributed by atoms with E-state index in [1.165, 1.54) is 0 Å². The smallest absolute Gasteiger partial charge is 0.322 e. The second-order valence-electron chi connectivity index (χ2n) is 3.93. The van der Waals surface area contributed by atoms with Crippen LogP contribution in [0.25, 0.3) is 0 Å². The van der Waals surface area contributed by atoms with Gasteiger partial charge in [-0.05, 0) is 19.3 Å². The van der Waals surface area contributed by atoms with Crippen LogP contribution in [0.2, 0.25) is 0 Å². The van der Waals surface area contributed by atoms with Gasteiger partial charge in [0.2, 0.25) is 0 Å². The third kappa shape index (κ3) is 1.76. The first-order valence-electron chi connectivity index (χ1n) is 5.25. The van der Waals surface area contributed by atoms with E-state index in [1.54, 1.807) is 10.0 Å². The van der Waals surface area contributed by atoms with Crippen LogP contribution in [0, 0.1) is 0 Å². The van der Waals surface area contributed by atoms with Gasteiger partial charge in [-0.25, -0.2) is 9.80 Å². The van der Waals surface area contributed by atoms with Crippen LogP contribution in [-0.2, 0) is 9.59 Å². The van der Waals surface area contributed by atoms with Crippen molar-refractivity contribution in [2.45, 2.75) is 31.7 Å². The largest absolute Gasteiger partial charge is 0.480 e. The molecule has 0 bridgehead atoms. The number of rotatable bonds is 2. The van der Waals surface area contributed by atoms with Gasteiger partial charge in [-0.3, -0.25) is 9.80 Å². The minimum Gasteiger partial charge on any atom is -0.480 e. The zero-order valence-electron chi connectivity index (χ0n) is 8.48. The molecule has 2 aliphatic heterocycles. The highest BCUT2D eigenvalue weighted by atomic mass is 16.4. The highest BCUT2D eigenvalue weighted by Crippen LogP contribution is 2.27. The molecule has 0 aromatic carbocycles. The van der Waals surface area contributed by atoms with Gasteiger partial charge in [-0.15, -0.1) is 0 Å². The summed E-state index contributed by atoms with van der Waals surface area (Å²) < 4.78 is 0. The maximum atomic E-state index is 11.0. The molecule has 82 valence electrons. The fraction of sp³-hybridized carbons (Fsp3) is 0.700. The fourth-order valence-electron chi connectivity index (χ4n) is 2.34. The first kappa shape index (κ1) is 10.2. The van der Waals surface area contributed by atoms with E-state index >= 15 is 0 Å². The SMILES string of the molecule is O=C=C1CCCN1N1CCC[C@H]1C(=O)O. The van der Waals surface area contributed by atoms with Gasteiger partial charge in [0, 0.05) is 19.5 Å². The lowest BCUT2D eigenvalue weighted by Crippen LogP contribution is -2.46. The van der Waals surface area contributed by atoms with E-state index in [1.807, 2.05) is 5.94 Å². The lowest BCUT2D eigenvalue weighted by molar-refractivity contribution is -0.147. The summed E-state index contributed by atoms with van der Waals surface area (Å²) in [5.74, 6) is 1.11. The average Bonchev–Trinajstić information content (AvgIpc) is 2.85. The maximum Gasteiger partial charge on any atom is 0.322 e. The van der Waals surface area contributed by atoms with Crippen LogP contribution in [0.3, 0.4) is 0 Å². The fourth-order valence-corrected chi connectivity index (χ4v) is 2.34. The molecule has 0 spiro atoms. The number of hydrogen-bond donors (Lipinski definition) is 1. The van der Waals surface area contributed by atoms with Crippen LogP contribution in [0.4, 0.5) is 0 Å². The molecule has 2 saturated heterocycles. The van der Waals surface area contributed by atoms with Gasteiger partial charge in [-0.1, -0.05) is 0 Å². The third-order valence-corrected chi connectivity index (χ3v) is 3.03. The Morgan fingerprint density at radius 1 is 1.40 bits per heavy atom. The van der Waals surface area contributed by atoms with Crippen molar-refractivity contribution < 1.29 is 14.7 Å². The van der Waals surface area contributed by atoms with Gasteiger partial charge in [0.1, 0.15) is 17.7 Å². The Hall–Kier alpha value is -1.32. The normalized spacial score (nSPS) is 27.1. The molecule has 2 fully saturated rings. The van der Waals surface area contributed by atoms with Gasteiger partial charge < -0.3 is 5.11 Å². The van der Waals surface area contributed by atoms with Crippen molar-refractivity contribution in [2.24, 2.45) is 0 Å². The molecular formula is C10H14N2O3. The molecule has 5 heteroatoms. The van der Waals surface area contributed by atoms with Crippen LogP contribution in [0.15, 0.2) is 5.70 Å². The summed E-state index contributed by atoms with van der Waals surface area (Å²) in [6.07, 6.45) is 3.16. The molecule has 0 saturated carbocycles. The van der Waals surface area contributed by atoms with Crippen molar-refractivity contribution >= 4 is 11.9 Å². The molecule has 0 aliphatic carbocycles. The molecule has 2 heterocycles. The Labute approximate surface area is 87.9 Å². The molecule has 1 N–H and O–H groups in total. The standard InChI is InChI=1S/C10H14N2O3/c13-7-8-3-1-5-11(8)12-6-2-4-9(12)10(14)15/h9H,1-6H2,(H,14,15)/t9-/m0/s1. The molecule has 1 atom stereocenters. The van der Waals surface area contributed by atoms with Crippen molar-refractivity contribution in [2.75, 3.05) is 13.1 Å². The molecule has 0 aromatic heterocycles. The van der Waals surface area contributed by atoms with Crippen molar-refractivity contribution in [1.82, 2.24) is 10.0 Å². The van der Waals surface area contributed by atoms with Crippen LogP contribution >= 0.6 is 0 Å². The zero-order valence-corrected chi connectivity index (χ0v) is 8.48. The third-order valence-electron chi connectivity index (χ3n) is 3.03. The number of hydrogen-bond acceptors (Lipinski definition) is 4. The number of nitrogens with zero attached hydrogens (tertiary/aromatic N) is 2. The predicted octanol–water partition coefficient (Wildman–Crippen LogP) is 0.262. The Balaban J connectivity index is 2.15. The minimum atomic E-state index is -0.801. The van der Waals surface area contributed by atoms with E-state index in [4.69, 9.17) is 5.11 Å². The van der Waals surface area contributed by atoms with Gasteiger partial charge in [0.15, 0.2) is 0 Å². The number of carbonyl (C=O) groups is 1. The number of allylic oxidation sites excluding steroid dienone is 1. The zero-order chi connectivity index (χ0) is 10.8. The van der Waals surface area contributed by atoms with Crippen LogP contribution in [0.5, 0.6) is 0 Å². The van der Waals surface area contributed by atoms with E-state index in [-0.39, 0.29) is 0 Å². The summed E-state index contributed by atoms with van der Waals surface area (Å²) in [6, 6.07) is -0.466. The molecule has 0 amide bonds. The maximum absolute atomic E-state index is 11.0. The number of carboxylic acids is 1. The monoisotopic (exact) mass is 210 g/mol. The summed E-state index contributed by atoms with van der Waals surface area (Å²) in [6.45, 7) is 1.47. The lowest BCUT2D eigenvalue weighted by atomic mass is 10.2. The summed E-state index contributed by atoms with van der Waals surface area (Å²) in [5.41, 5.74) is 0.600. The predicted molar refractivity (Wildman–Crippen MR) is 52.5 cm³/mol. The highest BCUT2D eigenvalue weighted by molar-refractivity contribution is 5.73. The topological polar surface area (TPSA) is 60.9 Å². The van der Waals surface area contributed by atoms with Gasteiger partial charge in [0.05, 0.1) is 0 Å². The quantitative estimate of drug-likeness (QED) is 0.662. The van der Waals surface area contributed by atoms with E-state index in [2.05, 4.69) is 0 Å². The summed E-state index contributed by atoms with van der Waals surface area (Å²) in [4.78, 5) is 21.7. The average molecular weight is 210 g/mol. The number of carbonyl (C=O) groups excluding carboxylic acids is 1. The van der Waals surface area contributed by atoms with E-state index in [0.29, 0.717) is 18.5 Å². The van der Waals surface area contributed by atoms with Crippen molar-refractivity contribution in [3.05, 3.63) is 5.70 Å². The Morgan fingerprint density at radius 2 is 2.20 bits per heavy atom. The van der Waals surface area contributed by atoms with Crippen LogP contribution in [0.1, 0.15) is 25.7 Å². The number of carboxylic acid groups (broad SMARTS) is 1. The molecule has 0 unspecified atom stereocenters. The summed E-state index contributed by atoms with van der Waals surface area (Å²) in [7, 11) is 0. The molecule has 2 aliphatic rings. The molecular weight excluding hydrogens is 196 g/mol. The van der Waals surface area contributed by atoms with Gasteiger partial charge >= 0.3 is 5.97 Å². The van der Waals surface area contributed by atoms with E-state index < -0.39 is 12.0 Å². The number of aliphatic carboxylic acids is 1. The highest BCUT2D eigenvalue weighted by Gasteiger charge is 2.37. The molecule has 5 nitrogen and oxygen atoms in total. The Morgan fingerprint density at radius 3 is 2.87 bits per heavy atom. The van der Waals surface area contributed by atoms with Crippen LogP contribution < -0.4 is 0 Å². The minimum absolute atomic E-state index is 0.466. The van der Waals surface area contributed by atoms with Crippen LogP contribution in [-0.4, -0.2) is 46.2 Å². The van der Waals surface area contributed by atoms with Crippen molar-refractivity contribution in [3.63, 3.8) is 0 Å². The lowest BCUT2D eigenvalue weighted by Gasteiger charge is -2.32.